The SMILES string of the molecule is Cc1cc(-c2ccc(C(C)C)cc2)c[nH]c1=O. The van der Waals surface area contributed by atoms with Gasteiger partial charge in [-0.25, -0.2) is 0 Å². The van der Waals surface area contributed by atoms with Gasteiger partial charge in [-0.3, -0.25) is 4.79 Å². The smallest absolute Gasteiger partial charge is 0.250 e. The van der Waals surface area contributed by atoms with Crippen molar-refractivity contribution in [2.75, 3.05) is 0 Å². The third-order valence-electron chi connectivity index (χ3n) is 3.00. The zero-order chi connectivity index (χ0) is 12.4. The molecule has 0 bridgehead atoms. The lowest BCUT2D eigenvalue weighted by Gasteiger charge is -2.07. The van der Waals surface area contributed by atoms with Gasteiger partial charge < -0.3 is 4.98 Å². The number of nitrogens with one attached hydrogen (secondary N) is 1. The Kier molecular flexibility index (Phi) is 3.14. The van der Waals surface area contributed by atoms with Crippen LogP contribution in [0.4, 0.5) is 0 Å². The van der Waals surface area contributed by atoms with Crippen molar-refractivity contribution in [3.63, 3.8) is 0 Å². The highest BCUT2D eigenvalue weighted by molar-refractivity contribution is 5.63. The highest BCUT2D eigenvalue weighted by atomic mass is 16.1. The third kappa shape index (κ3) is 2.47. The van der Waals surface area contributed by atoms with E-state index in [4.69, 9.17) is 0 Å². The highest BCUT2D eigenvalue weighted by Gasteiger charge is 2.02. The van der Waals surface area contributed by atoms with Crippen LogP contribution in [0.3, 0.4) is 0 Å². The summed E-state index contributed by atoms with van der Waals surface area (Å²) in [6, 6.07) is 10.4. The van der Waals surface area contributed by atoms with Gasteiger partial charge in [-0.05, 0) is 35.6 Å². The molecule has 0 atom stereocenters. The van der Waals surface area contributed by atoms with Crippen molar-refractivity contribution in [1.29, 1.82) is 0 Å². The largest absolute Gasteiger partial charge is 0.328 e. The van der Waals surface area contributed by atoms with Crippen LogP contribution in [0.1, 0.15) is 30.9 Å². The van der Waals surface area contributed by atoms with Crippen LogP contribution in [0, 0.1) is 6.92 Å². The van der Waals surface area contributed by atoms with E-state index in [1.807, 2.05) is 13.0 Å². The molecule has 0 fully saturated rings. The van der Waals surface area contributed by atoms with Gasteiger partial charge in [-0.2, -0.15) is 0 Å². The number of aryl methyl sites for hydroxylation is 1. The molecule has 17 heavy (non-hydrogen) atoms. The van der Waals surface area contributed by atoms with Crippen LogP contribution in [0.5, 0.6) is 0 Å². The Labute approximate surface area is 101 Å². The predicted molar refractivity (Wildman–Crippen MR) is 71.3 cm³/mol. The van der Waals surface area contributed by atoms with Gasteiger partial charge in [0.05, 0.1) is 0 Å². The summed E-state index contributed by atoms with van der Waals surface area (Å²) in [6.07, 6.45) is 1.76. The van der Waals surface area contributed by atoms with E-state index in [9.17, 15) is 4.79 Å². The predicted octanol–water partition coefficient (Wildman–Crippen LogP) is 3.47. The zero-order valence-electron chi connectivity index (χ0n) is 10.4. The number of H-pyrrole nitrogens is 1. The Morgan fingerprint density at radius 1 is 1.06 bits per heavy atom. The van der Waals surface area contributed by atoms with Crippen molar-refractivity contribution in [3.8, 4) is 11.1 Å². The first kappa shape index (κ1) is 11.6. The standard InChI is InChI=1S/C15H17NO/c1-10(2)12-4-6-13(7-5-12)14-8-11(3)15(17)16-9-14/h4-10H,1-3H3,(H,16,17). The molecule has 0 radical (unpaired) electrons. The van der Waals surface area contributed by atoms with Gasteiger partial charge in [-0.15, -0.1) is 0 Å². The van der Waals surface area contributed by atoms with E-state index in [0.29, 0.717) is 5.92 Å². The summed E-state index contributed by atoms with van der Waals surface area (Å²) in [7, 11) is 0. The van der Waals surface area contributed by atoms with Gasteiger partial charge in [0.25, 0.3) is 5.56 Å². The van der Waals surface area contributed by atoms with Crippen molar-refractivity contribution in [2.45, 2.75) is 26.7 Å². The monoisotopic (exact) mass is 227 g/mol. The summed E-state index contributed by atoms with van der Waals surface area (Å²) < 4.78 is 0. The van der Waals surface area contributed by atoms with Crippen LogP contribution >= 0.6 is 0 Å². The van der Waals surface area contributed by atoms with Crippen molar-refractivity contribution >= 4 is 0 Å². The highest BCUT2D eigenvalue weighted by Crippen LogP contribution is 2.21. The molecule has 0 aliphatic rings. The number of hydrogen-bond donors (Lipinski definition) is 1. The maximum absolute atomic E-state index is 11.3. The Bertz CT molecular complexity index is 564. The van der Waals surface area contributed by atoms with Gasteiger partial charge >= 0.3 is 0 Å². The molecule has 1 aromatic carbocycles. The summed E-state index contributed by atoms with van der Waals surface area (Å²) in [5.41, 5.74) is 4.24. The Morgan fingerprint density at radius 2 is 1.71 bits per heavy atom. The Morgan fingerprint density at radius 3 is 2.24 bits per heavy atom. The minimum absolute atomic E-state index is 0.0208. The maximum Gasteiger partial charge on any atom is 0.250 e. The van der Waals surface area contributed by atoms with E-state index < -0.39 is 0 Å². The molecule has 2 nitrogen and oxygen atoms in total. The fourth-order valence-corrected chi connectivity index (χ4v) is 1.82. The van der Waals surface area contributed by atoms with Crippen molar-refractivity contribution in [1.82, 2.24) is 4.98 Å². The molecular weight excluding hydrogens is 210 g/mol. The van der Waals surface area contributed by atoms with E-state index >= 15 is 0 Å². The van der Waals surface area contributed by atoms with Crippen LogP contribution in [0.2, 0.25) is 0 Å². The lowest BCUT2D eigenvalue weighted by atomic mass is 9.99. The molecule has 1 aromatic heterocycles. The number of rotatable bonds is 2. The molecule has 2 rings (SSSR count). The molecule has 0 spiro atoms. The molecule has 1 heterocycles. The average Bonchev–Trinajstić information content (AvgIpc) is 2.33. The molecule has 0 aliphatic carbocycles. The summed E-state index contributed by atoms with van der Waals surface area (Å²) in [5.74, 6) is 0.543. The summed E-state index contributed by atoms with van der Waals surface area (Å²) >= 11 is 0. The lowest BCUT2D eigenvalue weighted by Crippen LogP contribution is -2.07. The first-order valence-corrected chi connectivity index (χ1v) is 5.87. The van der Waals surface area contributed by atoms with Gasteiger partial charge in [0.15, 0.2) is 0 Å². The van der Waals surface area contributed by atoms with Gasteiger partial charge in [0.2, 0.25) is 0 Å². The topological polar surface area (TPSA) is 32.9 Å². The van der Waals surface area contributed by atoms with Gasteiger partial charge in [0, 0.05) is 11.8 Å². The minimum Gasteiger partial charge on any atom is -0.328 e. The molecule has 2 heteroatoms. The second-order valence-electron chi connectivity index (χ2n) is 4.68. The molecular formula is C15H17NO. The van der Waals surface area contributed by atoms with E-state index in [1.54, 1.807) is 6.20 Å². The van der Waals surface area contributed by atoms with E-state index in [-0.39, 0.29) is 5.56 Å². The maximum atomic E-state index is 11.3. The number of pyridine rings is 1. The zero-order valence-corrected chi connectivity index (χ0v) is 10.4. The summed E-state index contributed by atoms with van der Waals surface area (Å²) in [4.78, 5) is 14.0. The molecule has 1 N–H and O–H groups in total. The van der Waals surface area contributed by atoms with Crippen molar-refractivity contribution in [3.05, 3.63) is 58.0 Å². The molecule has 0 aliphatic heterocycles. The Hall–Kier alpha value is -1.83. The third-order valence-corrected chi connectivity index (χ3v) is 3.00. The van der Waals surface area contributed by atoms with Gasteiger partial charge in [-0.1, -0.05) is 38.1 Å². The molecule has 0 saturated carbocycles. The fourth-order valence-electron chi connectivity index (χ4n) is 1.82. The molecule has 0 unspecified atom stereocenters. The summed E-state index contributed by atoms with van der Waals surface area (Å²) in [6.45, 7) is 6.18. The first-order chi connectivity index (χ1) is 8.08. The molecule has 0 amide bonds. The van der Waals surface area contributed by atoms with Gasteiger partial charge in [0.1, 0.15) is 0 Å². The second-order valence-corrected chi connectivity index (χ2v) is 4.68. The number of benzene rings is 1. The molecule has 0 saturated heterocycles. The second kappa shape index (κ2) is 4.58. The van der Waals surface area contributed by atoms with E-state index in [1.165, 1.54) is 5.56 Å². The van der Waals surface area contributed by atoms with Crippen molar-refractivity contribution < 1.29 is 0 Å². The molecule has 2 aromatic rings. The van der Waals surface area contributed by atoms with E-state index in [0.717, 1.165) is 16.7 Å². The minimum atomic E-state index is -0.0208. The normalized spacial score (nSPS) is 10.8. The van der Waals surface area contributed by atoms with Crippen LogP contribution in [-0.4, -0.2) is 4.98 Å². The number of aromatic amines is 1. The van der Waals surface area contributed by atoms with E-state index in [2.05, 4.69) is 43.1 Å². The van der Waals surface area contributed by atoms with Crippen molar-refractivity contribution in [2.24, 2.45) is 0 Å². The Balaban J connectivity index is 2.39. The number of hydrogen-bond acceptors (Lipinski definition) is 1. The number of aromatic nitrogens is 1. The van der Waals surface area contributed by atoms with Crippen LogP contribution in [0.25, 0.3) is 11.1 Å². The van der Waals surface area contributed by atoms with Crippen LogP contribution < -0.4 is 5.56 Å². The average molecular weight is 227 g/mol. The van der Waals surface area contributed by atoms with Crippen LogP contribution in [0.15, 0.2) is 41.3 Å². The quantitative estimate of drug-likeness (QED) is 0.837. The first-order valence-electron chi connectivity index (χ1n) is 5.87. The fraction of sp³-hybridized carbons (Fsp3) is 0.267. The molecule has 88 valence electrons. The lowest BCUT2D eigenvalue weighted by molar-refractivity contribution is 0.867. The van der Waals surface area contributed by atoms with Crippen LogP contribution in [-0.2, 0) is 0 Å². The summed E-state index contributed by atoms with van der Waals surface area (Å²) in [5, 5.41) is 0.